The molecule has 0 aromatic heterocycles. The first-order valence-electron chi connectivity index (χ1n) is 5.71. The van der Waals surface area contributed by atoms with Crippen LogP contribution in [-0.2, 0) is 4.79 Å². The van der Waals surface area contributed by atoms with Crippen molar-refractivity contribution in [2.24, 2.45) is 5.92 Å². The third-order valence-electron chi connectivity index (χ3n) is 2.95. The first-order valence-corrected chi connectivity index (χ1v) is 7.17. The summed E-state index contributed by atoms with van der Waals surface area (Å²) in [6.45, 7) is 1.96. The van der Waals surface area contributed by atoms with Gasteiger partial charge in [-0.1, -0.05) is 18.5 Å². The van der Waals surface area contributed by atoms with Gasteiger partial charge in [-0.3, -0.25) is 9.59 Å². The van der Waals surface area contributed by atoms with E-state index in [0.29, 0.717) is 23.4 Å². The van der Waals surface area contributed by atoms with Crippen molar-refractivity contribution in [1.82, 2.24) is 0 Å². The lowest BCUT2D eigenvalue weighted by molar-refractivity contribution is -0.116. The molecular formula is C14H12ClIO2. The van der Waals surface area contributed by atoms with Crippen LogP contribution in [0.5, 0.6) is 0 Å². The molecule has 2 nitrogen and oxygen atoms in total. The van der Waals surface area contributed by atoms with Crippen molar-refractivity contribution in [1.29, 1.82) is 0 Å². The number of Topliss-reactive ketones (excluding diaryl/α,β-unsaturated/α-hetero) is 2. The Hall–Kier alpha value is -0.680. The molecule has 0 fully saturated rings. The van der Waals surface area contributed by atoms with E-state index < -0.39 is 0 Å². The van der Waals surface area contributed by atoms with E-state index in [1.165, 1.54) is 0 Å². The molecule has 0 radical (unpaired) electrons. The molecule has 1 aromatic rings. The van der Waals surface area contributed by atoms with Gasteiger partial charge >= 0.3 is 0 Å². The van der Waals surface area contributed by atoms with Gasteiger partial charge in [0.1, 0.15) is 0 Å². The number of ketones is 2. The molecule has 4 heteroatoms. The summed E-state index contributed by atoms with van der Waals surface area (Å²) in [5.41, 5.74) is 0.697. The van der Waals surface area contributed by atoms with Gasteiger partial charge in [-0.05, 0) is 59.2 Å². The van der Waals surface area contributed by atoms with Crippen molar-refractivity contribution >= 4 is 45.8 Å². The molecule has 0 saturated carbocycles. The van der Waals surface area contributed by atoms with E-state index in [1.54, 1.807) is 12.1 Å². The number of rotatable bonds is 2. The fourth-order valence-electron chi connectivity index (χ4n) is 2.05. The first kappa shape index (κ1) is 13.7. The minimum atomic E-state index is -0.256. The zero-order valence-corrected chi connectivity index (χ0v) is 12.8. The maximum atomic E-state index is 12.3. The van der Waals surface area contributed by atoms with Gasteiger partial charge in [0.2, 0.25) is 0 Å². The van der Waals surface area contributed by atoms with Crippen molar-refractivity contribution < 1.29 is 9.59 Å². The van der Waals surface area contributed by atoms with Gasteiger partial charge in [-0.2, -0.15) is 0 Å². The summed E-state index contributed by atoms with van der Waals surface area (Å²) >= 11 is 8.25. The molecule has 1 atom stereocenters. The Kier molecular flexibility index (Phi) is 4.22. The molecule has 1 aromatic carbocycles. The number of halogens is 2. The molecular weight excluding hydrogens is 363 g/mol. The van der Waals surface area contributed by atoms with Gasteiger partial charge in [-0.25, -0.2) is 0 Å². The highest BCUT2D eigenvalue weighted by molar-refractivity contribution is 14.1. The lowest BCUT2D eigenvalue weighted by Crippen LogP contribution is -2.22. The normalized spacial score (nSPS) is 20.2. The van der Waals surface area contributed by atoms with Gasteiger partial charge in [0.25, 0.3) is 0 Å². The molecule has 18 heavy (non-hydrogen) atoms. The first-order chi connectivity index (χ1) is 8.49. The summed E-state index contributed by atoms with van der Waals surface area (Å²) in [6.07, 6.45) is 1.01. The number of hydrogen-bond acceptors (Lipinski definition) is 2. The molecule has 0 amide bonds. The zero-order chi connectivity index (χ0) is 13.3. The zero-order valence-electron chi connectivity index (χ0n) is 9.87. The van der Waals surface area contributed by atoms with Crippen LogP contribution in [0.4, 0.5) is 0 Å². The van der Waals surface area contributed by atoms with Crippen LogP contribution in [-0.4, -0.2) is 11.6 Å². The van der Waals surface area contributed by atoms with Crippen molar-refractivity contribution in [3.8, 4) is 0 Å². The van der Waals surface area contributed by atoms with E-state index in [-0.39, 0.29) is 23.1 Å². The quantitative estimate of drug-likeness (QED) is 0.446. The maximum absolute atomic E-state index is 12.3. The van der Waals surface area contributed by atoms with Crippen LogP contribution in [0.1, 0.15) is 30.1 Å². The Bertz CT molecular complexity index is 531. The molecule has 0 heterocycles. The smallest absolute Gasteiger partial charge is 0.197 e. The van der Waals surface area contributed by atoms with Crippen LogP contribution in [0.25, 0.3) is 0 Å². The molecule has 0 aliphatic heterocycles. The highest BCUT2D eigenvalue weighted by Gasteiger charge is 2.29. The fourth-order valence-corrected chi connectivity index (χ4v) is 2.86. The van der Waals surface area contributed by atoms with E-state index in [2.05, 4.69) is 22.6 Å². The SMILES string of the molecule is CC1CC(=O)C(C(=O)c2ccc(I)cc2)=C(Cl)C1. The molecule has 0 spiro atoms. The topological polar surface area (TPSA) is 34.1 Å². The van der Waals surface area contributed by atoms with E-state index in [4.69, 9.17) is 11.6 Å². The average molecular weight is 375 g/mol. The Morgan fingerprint density at radius 3 is 2.44 bits per heavy atom. The number of hydrogen-bond donors (Lipinski definition) is 0. The summed E-state index contributed by atoms with van der Waals surface area (Å²) in [5.74, 6) is -0.172. The van der Waals surface area contributed by atoms with Gasteiger partial charge in [0.05, 0.1) is 5.57 Å². The van der Waals surface area contributed by atoms with Gasteiger partial charge in [0, 0.05) is 20.6 Å². The number of carbonyl (C=O) groups excluding carboxylic acids is 2. The number of benzene rings is 1. The second-order valence-electron chi connectivity index (χ2n) is 4.55. The fraction of sp³-hybridized carbons (Fsp3) is 0.286. The predicted molar refractivity (Wildman–Crippen MR) is 79.8 cm³/mol. The number of allylic oxidation sites excluding steroid dienone is 2. The molecule has 1 unspecified atom stereocenters. The van der Waals surface area contributed by atoms with E-state index >= 15 is 0 Å². The molecule has 0 saturated heterocycles. The van der Waals surface area contributed by atoms with Crippen molar-refractivity contribution in [3.63, 3.8) is 0 Å². The second kappa shape index (κ2) is 5.53. The predicted octanol–water partition coefficient (Wildman–Crippen LogP) is 3.97. The van der Waals surface area contributed by atoms with Crippen LogP contribution >= 0.6 is 34.2 Å². The Morgan fingerprint density at radius 1 is 1.28 bits per heavy atom. The van der Waals surface area contributed by atoms with Crippen LogP contribution in [0.3, 0.4) is 0 Å². The third-order valence-corrected chi connectivity index (χ3v) is 4.01. The van der Waals surface area contributed by atoms with Crippen molar-refractivity contribution in [3.05, 3.63) is 44.0 Å². The average Bonchev–Trinajstić information content (AvgIpc) is 2.28. The third kappa shape index (κ3) is 2.83. The Morgan fingerprint density at radius 2 is 1.89 bits per heavy atom. The largest absolute Gasteiger partial charge is 0.294 e. The Labute approximate surface area is 125 Å². The van der Waals surface area contributed by atoms with Crippen molar-refractivity contribution in [2.45, 2.75) is 19.8 Å². The minimum absolute atomic E-state index is 0.137. The van der Waals surface area contributed by atoms with Crippen LogP contribution < -0.4 is 0 Å². The summed E-state index contributed by atoms with van der Waals surface area (Å²) in [6, 6.07) is 7.15. The molecule has 0 N–H and O–H groups in total. The highest BCUT2D eigenvalue weighted by atomic mass is 127. The highest BCUT2D eigenvalue weighted by Crippen LogP contribution is 2.31. The summed E-state index contributed by atoms with van der Waals surface area (Å²) < 4.78 is 1.05. The molecule has 0 bridgehead atoms. The lowest BCUT2D eigenvalue weighted by Gasteiger charge is -2.19. The lowest BCUT2D eigenvalue weighted by atomic mass is 9.86. The summed E-state index contributed by atoms with van der Waals surface area (Å²) in [5, 5.41) is 0.405. The minimum Gasteiger partial charge on any atom is -0.294 e. The number of carbonyl (C=O) groups is 2. The maximum Gasteiger partial charge on any atom is 0.197 e. The monoisotopic (exact) mass is 374 g/mol. The van der Waals surface area contributed by atoms with E-state index in [9.17, 15) is 9.59 Å². The Balaban J connectivity index is 2.36. The van der Waals surface area contributed by atoms with Crippen molar-refractivity contribution in [2.75, 3.05) is 0 Å². The van der Waals surface area contributed by atoms with E-state index in [1.807, 2.05) is 19.1 Å². The summed E-state index contributed by atoms with van der Waals surface area (Å²) in [7, 11) is 0. The molecule has 2 rings (SSSR count). The molecule has 1 aliphatic carbocycles. The standard InChI is InChI=1S/C14H12ClIO2/c1-8-6-11(15)13(12(17)7-8)14(18)9-2-4-10(16)5-3-9/h2-5,8H,6-7H2,1H3. The van der Waals surface area contributed by atoms with Crippen LogP contribution in [0.15, 0.2) is 34.9 Å². The van der Waals surface area contributed by atoms with Gasteiger partial charge in [-0.15, -0.1) is 0 Å². The van der Waals surface area contributed by atoms with Gasteiger partial charge < -0.3 is 0 Å². The van der Waals surface area contributed by atoms with Gasteiger partial charge in [0.15, 0.2) is 11.6 Å². The molecule has 1 aliphatic rings. The molecule has 94 valence electrons. The van der Waals surface area contributed by atoms with Crippen LogP contribution in [0, 0.1) is 9.49 Å². The second-order valence-corrected chi connectivity index (χ2v) is 6.25. The van der Waals surface area contributed by atoms with E-state index in [0.717, 1.165) is 3.57 Å². The van der Waals surface area contributed by atoms with Crippen LogP contribution in [0.2, 0.25) is 0 Å². The summed E-state index contributed by atoms with van der Waals surface area (Å²) in [4.78, 5) is 24.2.